The average molecular weight is 223 g/mol. The van der Waals surface area contributed by atoms with Crippen LogP contribution in [0, 0.1) is 12.7 Å². The van der Waals surface area contributed by atoms with Crippen LogP contribution in [0.1, 0.15) is 34.3 Å². The molecule has 0 aliphatic heterocycles. The molecule has 1 aliphatic rings. The predicted octanol–water partition coefficient (Wildman–Crippen LogP) is 1.82. The molecule has 1 aromatic rings. The Bertz CT molecular complexity index is 453. The van der Waals surface area contributed by atoms with Gasteiger partial charge >= 0.3 is 5.97 Å². The van der Waals surface area contributed by atoms with Crippen molar-refractivity contribution in [3.05, 3.63) is 34.6 Å². The molecule has 3 N–H and O–H groups in total. The van der Waals surface area contributed by atoms with Gasteiger partial charge in [-0.1, -0.05) is 0 Å². The number of carboxylic acid groups (broad SMARTS) is 1. The zero-order chi connectivity index (χ0) is 11.9. The summed E-state index contributed by atoms with van der Waals surface area (Å²) in [5, 5.41) is 8.98. The maximum Gasteiger partial charge on any atom is 0.336 e. The molecule has 0 radical (unpaired) electrons. The lowest BCUT2D eigenvalue weighted by atomic mass is 9.92. The van der Waals surface area contributed by atoms with Gasteiger partial charge in [0.2, 0.25) is 0 Å². The fourth-order valence-electron chi connectivity index (χ4n) is 1.97. The number of hydrogen-bond donors (Lipinski definition) is 2. The number of halogens is 1. The van der Waals surface area contributed by atoms with Crippen LogP contribution >= 0.6 is 0 Å². The Balaban J connectivity index is 2.53. The topological polar surface area (TPSA) is 63.3 Å². The maximum absolute atomic E-state index is 13.6. The van der Waals surface area contributed by atoms with E-state index in [2.05, 4.69) is 0 Å². The summed E-state index contributed by atoms with van der Waals surface area (Å²) in [6, 6.07) is 2.97. The summed E-state index contributed by atoms with van der Waals surface area (Å²) < 4.78 is 13.6. The number of carboxylic acids is 1. The third-order valence-corrected chi connectivity index (χ3v) is 3.43. The molecule has 3 nitrogen and oxygen atoms in total. The van der Waals surface area contributed by atoms with Crippen molar-refractivity contribution in [3.8, 4) is 0 Å². The zero-order valence-electron chi connectivity index (χ0n) is 9.09. The first kappa shape index (κ1) is 11.1. The van der Waals surface area contributed by atoms with E-state index in [0.29, 0.717) is 6.54 Å². The molecule has 2 rings (SSSR count). The van der Waals surface area contributed by atoms with Crippen LogP contribution in [0.2, 0.25) is 0 Å². The van der Waals surface area contributed by atoms with E-state index in [1.54, 1.807) is 6.07 Å². The Morgan fingerprint density at radius 3 is 2.62 bits per heavy atom. The van der Waals surface area contributed by atoms with E-state index in [1.807, 2.05) is 0 Å². The second-order valence-electron chi connectivity index (χ2n) is 4.42. The normalized spacial score (nSPS) is 17.2. The van der Waals surface area contributed by atoms with Gasteiger partial charge in [-0.2, -0.15) is 0 Å². The van der Waals surface area contributed by atoms with Crippen molar-refractivity contribution < 1.29 is 14.3 Å². The Morgan fingerprint density at radius 2 is 2.19 bits per heavy atom. The molecule has 0 bridgehead atoms. The Labute approximate surface area is 93.1 Å². The Hall–Kier alpha value is -1.42. The Kier molecular flexibility index (Phi) is 2.46. The summed E-state index contributed by atoms with van der Waals surface area (Å²) in [6.07, 6.45) is 1.82. The molecule has 1 fully saturated rings. The lowest BCUT2D eigenvalue weighted by Gasteiger charge is -2.15. The van der Waals surface area contributed by atoms with Crippen molar-refractivity contribution in [3.63, 3.8) is 0 Å². The molecule has 4 heteroatoms. The van der Waals surface area contributed by atoms with Gasteiger partial charge in [-0.3, -0.25) is 0 Å². The van der Waals surface area contributed by atoms with Crippen molar-refractivity contribution in [1.29, 1.82) is 0 Å². The molecule has 0 spiro atoms. The first-order valence-electron chi connectivity index (χ1n) is 5.24. The summed E-state index contributed by atoms with van der Waals surface area (Å²) in [6.45, 7) is 1.92. The van der Waals surface area contributed by atoms with Crippen molar-refractivity contribution in [2.24, 2.45) is 5.73 Å². The Morgan fingerprint density at radius 1 is 1.56 bits per heavy atom. The standard InChI is InChI=1S/C12H14FNO2/c1-7-9(11(15)16)4-8(5-10(7)13)12(6-14)2-3-12/h4-5H,2-3,6,14H2,1H3,(H,15,16). The summed E-state index contributed by atoms with van der Waals surface area (Å²) in [5.41, 5.74) is 6.40. The van der Waals surface area contributed by atoms with E-state index in [1.165, 1.54) is 13.0 Å². The minimum atomic E-state index is -1.09. The fourth-order valence-corrected chi connectivity index (χ4v) is 1.97. The highest BCUT2D eigenvalue weighted by molar-refractivity contribution is 5.89. The quantitative estimate of drug-likeness (QED) is 0.821. The molecule has 1 saturated carbocycles. The number of aromatic carboxylic acids is 1. The third-order valence-electron chi connectivity index (χ3n) is 3.43. The van der Waals surface area contributed by atoms with Crippen LogP contribution in [0.15, 0.2) is 12.1 Å². The number of benzene rings is 1. The first-order valence-corrected chi connectivity index (χ1v) is 5.24. The van der Waals surface area contributed by atoms with E-state index in [9.17, 15) is 9.18 Å². The molecular formula is C12H14FNO2. The van der Waals surface area contributed by atoms with Crippen LogP contribution in [0.3, 0.4) is 0 Å². The zero-order valence-corrected chi connectivity index (χ0v) is 9.09. The van der Waals surface area contributed by atoms with Crippen LogP contribution < -0.4 is 5.73 Å². The molecule has 0 unspecified atom stereocenters. The monoisotopic (exact) mass is 223 g/mol. The summed E-state index contributed by atoms with van der Waals surface area (Å²) in [4.78, 5) is 11.0. The summed E-state index contributed by atoms with van der Waals surface area (Å²) in [5.74, 6) is -1.55. The second kappa shape index (κ2) is 3.56. The first-order chi connectivity index (χ1) is 7.50. The highest BCUT2D eigenvalue weighted by Crippen LogP contribution is 2.47. The molecule has 86 valence electrons. The third kappa shape index (κ3) is 1.59. The van der Waals surface area contributed by atoms with E-state index in [0.717, 1.165) is 18.4 Å². The molecule has 0 atom stereocenters. The largest absolute Gasteiger partial charge is 0.478 e. The van der Waals surface area contributed by atoms with Gasteiger partial charge in [-0.25, -0.2) is 9.18 Å². The van der Waals surface area contributed by atoms with E-state index < -0.39 is 11.8 Å². The molecule has 0 aromatic heterocycles. The van der Waals surface area contributed by atoms with Crippen LogP contribution in [0.5, 0.6) is 0 Å². The van der Waals surface area contributed by atoms with Crippen LogP contribution in [0.4, 0.5) is 4.39 Å². The van der Waals surface area contributed by atoms with Crippen molar-refractivity contribution in [2.75, 3.05) is 6.54 Å². The van der Waals surface area contributed by atoms with E-state index in [4.69, 9.17) is 10.8 Å². The minimum absolute atomic E-state index is 0.0368. The van der Waals surface area contributed by atoms with Crippen molar-refractivity contribution in [2.45, 2.75) is 25.2 Å². The average Bonchev–Trinajstić information content (AvgIpc) is 3.02. The number of carbonyl (C=O) groups is 1. The predicted molar refractivity (Wildman–Crippen MR) is 58.1 cm³/mol. The number of hydrogen-bond acceptors (Lipinski definition) is 2. The minimum Gasteiger partial charge on any atom is -0.478 e. The van der Waals surface area contributed by atoms with Gasteiger partial charge in [0.25, 0.3) is 0 Å². The second-order valence-corrected chi connectivity index (χ2v) is 4.42. The van der Waals surface area contributed by atoms with Gasteiger partial charge in [0.1, 0.15) is 5.82 Å². The molecule has 16 heavy (non-hydrogen) atoms. The smallest absolute Gasteiger partial charge is 0.336 e. The molecule has 1 aromatic carbocycles. The van der Waals surface area contributed by atoms with Crippen LogP contribution in [-0.4, -0.2) is 17.6 Å². The number of nitrogens with two attached hydrogens (primary N) is 1. The van der Waals surface area contributed by atoms with Gasteiger partial charge in [-0.15, -0.1) is 0 Å². The highest BCUT2D eigenvalue weighted by atomic mass is 19.1. The van der Waals surface area contributed by atoms with Crippen LogP contribution in [-0.2, 0) is 5.41 Å². The lowest BCUT2D eigenvalue weighted by molar-refractivity contribution is 0.0695. The molecular weight excluding hydrogens is 209 g/mol. The summed E-state index contributed by atoms with van der Waals surface area (Å²) >= 11 is 0. The molecule has 1 aliphatic carbocycles. The maximum atomic E-state index is 13.6. The van der Waals surface area contributed by atoms with Gasteiger partial charge in [0, 0.05) is 12.0 Å². The lowest BCUT2D eigenvalue weighted by Crippen LogP contribution is -2.20. The van der Waals surface area contributed by atoms with E-state index >= 15 is 0 Å². The van der Waals surface area contributed by atoms with Crippen molar-refractivity contribution in [1.82, 2.24) is 0 Å². The van der Waals surface area contributed by atoms with E-state index in [-0.39, 0.29) is 16.5 Å². The van der Waals surface area contributed by atoms with Gasteiger partial charge in [0.15, 0.2) is 0 Å². The van der Waals surface area contributed by atoms with Crippen LogP contribution in [0.25, 0.3) is 0 Å². The molecule has 0 saturated heterocycles. The number of rotatable bonds is 3. The van der Waals surface area contributed by atoms with Gasteiger partial charge in [-0.05, 0) is 43.0 Å². The highest BCUT2D eigenvalue weighted by Gasteiger charge is 2.43. The fraction of sp³-hybridized carbons (Fsp3) is 0.417. The van der Waals surface area contributed by atoms with Gasteiger partial charge < -0.3 is 10.8 Å². The van der Waals surface area contributed by atoms with Gasteiger partial charge in [0.05, 0.1) is 5.56 Å². The molecule has 0 amide bonds. The van der Waals surface area contributed by atoms with Crippen molar-refractivity contribution >= 4 is 5.97 Å². The molecule has 0 heterocycles. The summed E-state index contributed by atoms with van der Waals surface area (Å²) in [7, 11) is 0. The SMILES string of the molecule is Cc1c(F)cc(C2(CN)CC2)cc1C(=O)O.